The Balaban J connectivity index is 2.51. The minimum absolute atomic E-state index is 0.327. The zero-order valence-corrected chi connectivity index (χ0v) is 10.3. The van der Waals surface area contributed by atoms with Gasteiger partial charge in [-0.3, -0.25) is 0 Å². The van der Waals surface area contributed by atoms with Crippen LogP contribution in [0.1, 0.15) is 6.42 Å². The Hall–Kier alpha value is -1.69. The van der Waals surface area contributed by atoms with Crippen LogP contribution in [-0.2, 0) is 0 Å². The van der Waals surface area contributed by atoms with Crippen LogP contribution < -0.4 is 11.1 Å². The number of carbonyl (C=O) groups excluding carboxylic acids is 1. The van der Waals surface area contributed by atoms with E-state index in [9.17, 15) is 9.18 Å². The number of nitrogens with zero attached hydrogens (tertiary/aromatic N) is 1. The quantitative estimate of drug-likeness (QED) is 0.809. The second-order valence-electron chi connectivity index (χ2n) is 3.58. The predicted octanol–water partition coefficient (Wildman–Crippen LogP) is 1.97. The van der Waals surface area contributed by atoms with Gasteiger partial charge >= 0.3 is 6.03 Å². The first-order valence-electron chi connectivity index (χ1n) is 5.05. The lowest BCUT2D eigenvalue weighted by atomic mass is 10.3. The molecule has 3 N–H and O–H groups in total. The van der Waals surface area contributed by atoms with E-state index in [-0.39, 0.29) is 6.03 Å². The summed E-state index contributed by atoms with van der Waals surface area (Å²) in [6.07, 6.45) is 0.461. The van der Waals surface area contributed by atoms with Crippen LogP contribution in [0.5, 0.6) is 0 Å². The summed E-state index contributed by atoms with van der Waals surface area (Å²) in [5.74, 6) is -0.395. The van der Waals surface area contributed by atoms with E-state index in [0.29, 0.717) is 23.6 Å². The maximum atomic E-state index is 12.9. The van der Waals surface area contributed by atoms with Crippen LogP contribution in [0.3, 0.4) is 0 Å². The van der Waals surface area contributed by atoms with E-state index in [1.165, 1.54) is 23.1 Å². The Morgan fingerprint density at radius 1 is 1.59 bits per heavy atom. The molecule has 0 fully saturated rings. The van der Waals surface area contributed by atoms with Gasteiger partial charge in [0, 0.05) is 25.7 Å². The summed E-state index contributed by atoms with van der Waals surface area (Å²) in [7, 11) is 1.62. The molecular formula is C11H14FN3OS. The number of nitrogens with two attached hydrogens (primary N) is 1. The van der Waals surface area contributed by atoms with E-state index in [4.69, 9.17) is 18.0 Å². The molecule has 17 heavy (non-hydrogen) atoms. The lowest BCUT2D eigenvalue weighted by Gasteiger charge is -2.17. The maximum absolute atomic E-state index is 12.9. The predicted molar refractivity (Wildman–Crippen MR) is 69.5 cm³/mol. The average molecular weight is 255 g/mol. The number of nitrogens with one attached hydrogen (secondary N) is 1. The molecule has 0 atom stereocenters. The van der Waals surface area contributed by atoms with Crippen molar-refractivity contribution in [3.63, 3.8) is 0 Å². The van der Waals surface area contributed by atoms with Crippen molar-refractivity contribution in [2.75, 3.05) is 18.9 Å². The minimum atomic E-state index is -0.395. The van der Waals surface area contributed by atoms with Crippen LogP contribution >= 0.6 is 12.2 Å². The van der Waals surface area contributed by atoms with Gasteiger partial charge in [-0.05, 0) is 18.2 Å². The van der Waals surface area contributed by atoms with Gasteiger partial charge in [-0.2, -0.15) is 0 Å². The number of carbonyl (C=O) groups is 1. The summed E-state index contributed by atoms with van der Waals surface area (Å²) in [5.41, 5.74) is 5.75. The Kier molecular flexibility index (Phi) is 4.84. The molecule has 0 saturated carbocycles. The molecular weight excluding hydrogens is 241 g/mol. The smallest absolute Gasteiger partial charge is 0.321 e. The second-order valence-corrected chi connectivity index (χ2v) is 4.10. The molecule has 1 rings (SSSR count). The fourth-order valence-corrected chi connectivity index (χ4v) is 1.26. The number of halogens is 1. The highest BCUT2D eigenvalue weighted by Crippen LogP contribution is 2.09. The normalized spacial score (nSPS) is 9.76. The lowest BCUT2D eigenvalue weighted by molar-refractivity contribution is 0.223. The third-order valence-corrected chi connectivity index (χ3v) is 2.32. The summed E-state index contributed by atoms with van der Waals surface area (Å²) in [5, 5.41) is 2.57. The molecule has 0 aliphatic heterocycles. The van der Waals surface area contributed by atoms with Crippen LogP contribution in [0.15, 0.2) is 24.3 Å². The number of thiocarbonyl (C=S) groups is 1. The number of hydrogen-bond acceptors (Lipinski definition) is 2. The largest absolute Gasteiger partial charge is 0.393 e. The highest BCUT2D eigenvalue weighted by molar-refractivity contribution is 7.80. The van der Waals surface area contributed by atoms with E-state index in [2.05, 4.69) is 5.32 Å². The van der Waals surface area contributed by atoms with Crippen molar-refractivity contribution < 1.29 is 9.18 Å². The lowest BCUT2D eigenvalue weighted by Crippen LogP contribution is -2.33. The first kappa shape index (κ1) is 13.4. The van der Waals surface area contributed by atoms with Crippen LogP contribution in [0.25, 0.3) is 0 Å². The summed E-state index contributed by atoms with van der Waals surface area (Å²) in [6.45, 7) is 0.427. The van der Waals surface area contributed by atoms with E-state index in [1.807, 2.05) is 0 Å². The van der Waals surface area contributed by atoms with E-state index < -0.39 is 5.82 Å². The molecule has 1 aromatic rings. The molecule has 0 aliphatic carbocycles. The maximum Gasteiger partial charge on any atom is 0.321 e. The van der Waals surface area contributed by atoms with Crippen molar-refractivity contribution in [1.82, 2.24) is 4.90 Å². The van der Waals surface area contributed by atoms with Crippen molar-refractivity contribution in [2.45, 2.75) is 6.42 Å². The number of urea groups is 1. The first-order chi connectivity index (χ1) is 7.99. The monoisotopic (exact) mass is 255 g/mol. The van der Waals surface area contributed by atoms with Crippen molar-refractivity contribution in [1.29, 1.82) is 0 Å². The first-order valence-corrected chi connectivity index (χ1v) is 5.46. The topological polar surface area (TPSA) is 58.4 Å². The van der Waals surface area contributed by atoms with Gasteiger partial charge in [-0.15, -0.1) is 0 Å². The van der Waals surface area contributed by atoms with Gasteiger partial charge in [0.1, 0.15) is 5.82 Å². The molecule has 0 heterocycles. The summed E-state index contributed by atoms with van der Waals surface area (Å²) in [6, 6.07) is 5.38. The summed E-state index contributed by atoms with van der Waals surface area (Å²) in [4.78, 5) is 13.4. The number of rotatable bonds is 4. The second kappa shape index (κ2) is 6.15. The molecule has 0 spiro atoms. The Bertz CT molecular complexity index is 425. The van der Waals surface area contributed by atoms with Crippen LogP contribution in [-0.4, -0.2) is 29.5 Å². The van der Waals surface area contributed by atoms with Gasteiger partial charge in [0.25, 0.3) is 0 Å². The Morgan fingerprint density at radius 3 is 2.88 bits per heavy atom. The van der Waals surface area contributed by atoms with Crippen LogP contribution in [0.2, 0.25) is 0 Å². The molecule has 1 aromatic carbocycles. The Morgan fingerprint density at radius 2 is 2.29 bits per heavy atom. The van der Waals surface area contributed by atoms with Crippen LogP contribution in [0, 0.1) is 5.82 Å². The molecule has 0 saturated heterocycles. The molecule has 0 aliphatic rings. The number of hydrogen-bond donors (Lipinski definition) is 2. The number of amides is 2. The fraction of sp³-hybridized carbons (Fsp3) is 0.273. The molecule has 0 unspecified atom stereocenters. The fourth-order valence-electron chi connectivity index (χ4n) is 1.16. The van der Waals surface area contributed by atoms with Crippen molar-refractivity contribution in [2.24, 2.45) is 5.73 Å². The number of anilines is 1. The van der Waals surface area contributed by atoms with Gasteiger partial charge in [0.15, 0.2) is 0 Å². The van der Waals surface area contributed by atoms with Crippen molar-refractivity contribution in [3.05, 3.63) is 30.1 Å². The standard InChI is InChI=1S/C11H14FN3OS/c1-15(6-5-10(13)17)11(16)14-9-4-2-3-8(12)7-9/h2-4,7H,5-6H2,1H3,(H2,13,17)(H,14,16). The van der Waals surface area contributed by atoms with Crippen LogP contribution in [0.4, 0.5) is 14.9 Å². The average Bonchev–Trinajstić information content (AvgIpc) is 2.25. The van der Waals surface area contributed by atoms with Gasteiger partial charge in [0.2, 0.25) is 0 Å². The molecule has 2 amide bonds. The summed E-state index contributed by atoms with van der Waals surface area (Å²) >= 11 is 4.72. The highest BCUT2D eigenvalue weighted by Gasteiger charge is 2.08. The minimum Gasteiger partial charge on any atom is -0.393 e. The van der Waals surface area contributed by atoms with E-state index in [1.54, 1.807) is 13.1 Å². The number of benzene rings is 1. The Labute approximate surface area is 105 Å². The molecule has 4 nitrogen and oxygen atoms in total. The molecule has 0 aromatic heterocycles. The third-order valence-electron chi connectivity index (χ3n) is 2.12. The molecule has 92 valence electrons. The van der Waals surface area contributed by atoms with E-state index >= 15 is 0 Å². The zero-order chi connectivity index (χ0) is 12.8. The van der Waals surface area contributed by atoms with Crippen molar-refractivity contribution in [3.8, 4) is 0 Å². The highest BCUT2D eigenvalue weighted by atomic mass is 32.1. The van der Waals surface area contributed by atoms with Gasteiger partial charge in [0.05, 0.1) is 4.99 Å². The molecule has 0 radical (unpaired) electrons. The van der Waals surface area contributed by atoms with Gasteiger partial charge in [-0.1, -0.05) is 18.3 Å². The van der Waals surface area contributed by atoms with Crippen molar-refractivity contribution >= 4 is 28.9 Å². The molecule has 6 heteroatoms. The third kappa shape index (κ3) is 4.78. The summed E-state index contributed by atoms with van der Waals surface area (Å²) < 4.78 is 12.9. The SMILES string of the molecule is CN(CCC(N)=S)C(=O)Nc1cccc(F)c1. The molecule has 0 bridgehead atoms. The van der Waals surface area contributed by atoms with Gasteiger partial charge < -0.3 is 16.0 Å². The van der Waals surface area contributed by atoms with E-state index in [0.717, 1.165) is 0 Å². The zero-order valence-electron chi connectivity index (χ0n) is 9.44. The van der Waals surface area contributed by atoms with Gasteiger partial charge in [-0.25, -0.2) is 9.18 Å².